The standard InChI is InChI=1S/C33H48O.C28H42O.C25H36O.C24H34O/c1-5-6-13-22-34-32-21-20-29(24-31(32)27-16-11-8-12-17-27)33(3,4)28-19-18-25(2)30(23-28)26-14-9-7-10-15-26;1-5-8-10-11-12-22-29-27-20-18-26(19-21-27)28(24(7-3)13-9-6-2)25-16-14-23(4)15-17-25;1-7-8-9-10-11-16-26-24-15-14-23(18-21(24)4)25(5,6)22-13-12-19(2)20(3)17-22;1-5-7-8-9-10-19-25-23-17-15-22(16-18-23)24(4,6-2)21-13-11-20(3)12-14-21/h18-21,23-24,26-27H,5-17,22H2,1-4H3;14-21,24,28H,5-13,22H2,1-4H3;12-15,17-18H,7-11,16H2,1-6H3;11-18H,5-10,19H2,1-4H3. The second kappa shape index (κ2) is 50.6. The van der Waals surface area contributed by atoms with Crippen LogP contribution in [-0.4, -0.2) is 26.4 Å². The van der Waals surface area contributed by atoms with Crippen molar-refractivity contribution in [1.82, 2.24) is 0 Å². The molecule has 4 nitrogen and oxygen atoms in total. The van der Waals surface area contributed by atoms with E-state index in [2.05, 4.69) is 294 Å². The zero-order chi connectivity index (χ0) is 82.1. The minimum absolute atomic E-state index is 0.0120. The third-order valence-corrected chi connectivity index (χ3v) is 26.0. The van der Waals surface area contributed by atoms with E-state index >= 15 is 0 Å². The molecule has 114 heavy (non-hydrogen) atoms. The number of rotatable bonds is 42. The van der Waals surface area contributed by atoms with Crippen LogP contribution >= 0.6 is 0 Å². The fourth-order valence-electron chi connectivity index (χ4n) is 17.3. The van der Waals surface area contributed by atoms with Gasteiger partial charge in [0, 0.05) is 22.2 Å². The predicted octanol–water partition coefficient (Wildman–Crippen LogP) is 33.0. The van der Waals surface area contributed by atoms with E-state index in [9.17, 15) is 0 Å². The Balaban J connectivity index is 0.000000212. The summed E-state index contributed by atoms with van der Waals surface area (Å²) in [6.45, 7) is 44.2. The van der Waals surface area contributed by atoms with Crippen molar-refractivity contribution in [3.63, 3.8) is 0 Å². The Bertz CT molecular complexity index is 3910. The number of aryl methyl sites for hydroxylation is 6. The molecule has 624 valence electrons. The van der Waals surface area contributed by atoms with Gasteiger partial charge in [-0.15, -0.1) is 0 Å². The largest absolute Gasteiger partial charge is 0.494 e. The van der Waals surface area contributed by atoms with Crippen molar-refractivity contribution in [1.29, 1.82) is 0 Å². The maximum Gasteiger partial charge on any atom is 0.122 e. The van der Waals surface area contributed by atoms with Crippen molar-refractivity contribution in [2.24, 2.45) is 5.92 Å². The van der Waals surface area contributed by atoms with Gasteiger partial charge in [-0.05, 0) is 238 Å². The van der Waals surface area contributed by atoms with Crippen LogP contribution in [0.1, 0.15) is 402 Å². The van der Waals surface area contributed by atoms with E-state index in [0.29, 0.717) is 17.8 Å². The SMILES string of the molecule is CCCCCCCOc1ccc(C(C)(C)c2ccc(C)c(C)c2)cc1C.CCCCCCCOc1ccc(C(C)(CC)c2ccc(C)cc2)cc1.CCCCCCCOc1ccc(C(c2ccc(C)cc2)C(CC)CCCC)cc1.CCCCCOc1ccc(C(C)(C)c2ccc(C)c(C3CCCCC3)c2)cc1C1CCCCC1. The number of ether oxygens (including phenoxy) is 4. The molecule has 3 unspecified atom stereocenters. The quantitative estimate of drug-likeness (QED) is 0.0357. The van der Waals surface area contributed by atoms with Crippen LogP contribution in [-0.2, 0) is 16.2 Å². The lowest BCUT2D eigenvalue weighted by Gasteiger charge is -2.31. The van der Waals surface area contributed by atoms with Crippen molar-refractivity contribution in [2.75, 3.05) is 26.4 Å². The zero-order valence-corrected chi connectivity index (χ0v) is 75.8. The average Bonchev–Trinajstić information content (AvgIpc) is 0.782. The molecule has 4 heteroatoms. The lowest BCUT2D eigenvalue weighted by atomic mass is 9.73. The topological polar surface area (TPSA) is 36.9 Å². The summed E-state index contributed by atoms with van der Waals surface area (Å²) in [6.07, 6.45) is 42.6. The van der Waals surface area contributed by atoms with Crippen molar-refractivity contribution in [3.05, 3.63) is 259 Å². The molecule has 8 aromatic carbocycles. The van der Waals surface area contributed by atoms with E-state index in [-0.39, 0.29) is 16.2 Å². The normalized spacial score (nSPS) is 14.4. The van der Waals surface area contributed by atoms with Crippen LogP contribution < -0.4 is 18.9 Å². The van der Waals surface area contributed by atoms with Gasteiger partial charge in [0.1, 0.15) is 23.0 Å². The Labute approximate surface area is 699 Å². The third kappa shape index (κ3) is 29.5. The second-order valence-corrected chi connectivity index (χ2v) is 35.7. The van der Waals surface area contributed by atoms with Gasteiger partial charge in [-0.2, -0.15) is 0 Å². The van der Waals surface area contributed by atoms with E-state index in [0.717, 1.165) is 87.4 Å². The molecule has 0 amide bonds. The summed E-state index contributed by atoms with van der Waals surface area (Å²) < 4.78 is 24.3. The minimum atomic E-state index is -0.0126. The van der Waals surface area contributed by atoms with Gasteiger partial charge in [0.15, 0.2) is 0 Å². The van der Waals surface area contributed by atoms with Crippen LogP contribution in [0.2, 0.25) is 0 Å². The highest BCUT2D eigenvalue weighted by Crippen LogP contribution is 2.45. The molecule has 0 saturated heterocycles. The summed E-state index contributed by atoms with van der Waals surface area (Å²) in [7, 11) is 0. The molecule has 2 aliphatic carbocycles. The minimum Gasteiger partial charge on any atom is -0.494 e. The molecule has 0 radical (unpaired) electrons. The molecular formula is C110H160O4. The van der Waals surface area contributed by atoms with Gasteiger partial charge >= 0.3 is 0 Å². The van der Waals surface area contributed by atoms with Gasteiger partial charge < -0.3 is 18.9 Å². The first-order valence-electron chi connectivity index (χ1n) is 46.4. The predicted molar refractivity (Wildman–Crippen MR) is 496 cm³/mol. The lowest BCUT2D eigenvalue weighted by molar-refractivity contribution is 0.297. The van der Waals surface area contributed by atoms with Crippen LogP contribution in [0.5, 0.6) is 23.0 Å². The molecule has 10 rings (SSSR count). The van der Waals surface area contributed by atoms with Gasteiger partial charge in [0.2, 0.25) is 0 Å². The van der Waals surface area contributed by atoms with Crippen LogP contribution in [0.3, 0.4) is 0 Å². The highest BCUT2D eigenvalue weighted by atomic mass is 16.5. The maximum atomic E-state index is 6.38. The fraction of sp³-hybridized carbons (Fsp3) is 0.564. The first kappa shape index (κ1) is 94.1. The number of hydrogen-bond acceptors (Lipinski definition) is 4. The Morgan fingerprint density at radius 3 is 1.11 bits per heavy atom. The van der Waals surface area contributed by atoms with Crippen molar-refractivity contribution >= 4 is 0 Å². The second-order valence-electron chi connectivity index (χ2n) is 35.7. The number of hydrogen-bond donors (Lipinski definition) is 0. The Kier molecular flexibility index (Phi) is 41.7. The Hall–Kier alpha value is -7.04. The molecule has 2 saturated carbocycles. The van der Waals surface area contributed by atoms with E-state index in [1.807, 2.05) is 0 Å². The van der Waals surface area contributed by atoms with Crippen LogP contribution in [0.25, 0.3) is 0 Å². The van der Waals surface area contributed by atoms with Crippen LogP contribution in [0, 0.1) is 47.5 Å². The number of unbranched alkanes of at least 4 members (excludes halogenated alkanes) is 15. The molecule has 2 fully saturated rings. The summed E-state index contributed by atoms with van der Waals surface area (Å²) >= 11 is 0. The molecule has 0 spiro atoms. The highest BCUT2D eigenvalue weighted by molar-refractivity contribution is 5.50. The molecule has 0 N–H and O–H groups in total. The van der Waals surface area contributed by atoms with Crippen molar-refractivity contribution in [3.8, 4) is 23.0 Å². The smallest absolute Gasteiger partial charge is 0.122 e. The summed E-state index contributed by atoms with van der Waals surface area (Å²) in [5.41, 5.74) is 22.4. The molecule has 8 aromatic rings. The lowest BCUT2D eigenvalue weighted by Crippen LogP contribution is -2.22. The molecule has 0 aromatic heterocycles. The molecule has 0 heterocycles. The molecule has 0 aliphatic heterocycles. The molecule has 0 bridgehead atoms. The summed E-state index contributed by atoms with van der Waals surface area (Å²) in [5, 5.41) is 0. The molecular weight excluding hydrogens is 1390 g/mol. The zero-order valence-electron chi connectivity index (χ0n) is 75.8. The van der Waals surface area contributed by atoms with Gasteiger partial charge in [0.05, 0.1) is 26.4 Å². The van der Waals surface area contributed by atoms with Crippen molar-refractivity contribution in [2.45, 2.75) is 371 Å². The Morgan fingerprint density at radius 1 is 0.307 bits per heavy atom. The average molecular weight is 1550 g/mol. The molecule has 2 aliphatic rings. The van der Waals surface area contributed by atoms with E-state index in [1.165, 1.54) is 263 Å². The summed E-state index contributed by atoms with van der Waals surface area (Å²) in [4.78, 5) is 0. The van der Waals surface area contributed by atoms with Gasteiger partial charge in [0.25, 0.3) is 0 Å². The van der Waals surface area contributed by atoms with Gasteiger partial charge in [-0.1, -0.05) is 375 Å². The van der Waals surface area contributed by atoms with Gasteiger partial charge in [-0.3, -0.25) is 0 Å². The highest BCUT2D eigenvalue weighted by Gasteiger charge is 2.31. The molecule has 3 atom stereocenters. The van der Waals surface area contributed by atoms with Crippen LogP contribution in [0.4, 0.5) is 0 Å². The third-order valence-electron chi connectivity index (χ3n) is 26.0. The first-order valence-corrected chi connectivity index (χ1v) is 46.4. The van der Waals surface area contributed by atoms with E-state index in [1.54, 1.807) is 5.56 Å². The Morgan fingerprint density at radius 2 is 0.658 bits per heavy atom. The maximum absolute atomic E-state index is 6.38. The summed E-state index contributed by atoms with van der Waals surface area (Å²) in [6, 6.07) is 63.8. The monoisotopic (exact) mass is 1550 g/mol. The fourth-order valence-corrected chi connectivity index (χ4v) is 17.3. The van der Waals surface area contributed by atoms with Crippen LogP contribution in [0.15, 0.2) is 170 Å². The van der Waals surface area contributed by atoms with Gasteiger partial charge in [-0.25, -0.2) is 0 Å². The number of benzene rings is 8. The first-order chi connectivity index (χ1) is 55.1. The summed E-state index contributed by atoms with van der Waals surface area (Å²) in [5.74, 6) is 6.73. The van der Waals surface area contributed by atoms with E-state index in [4.69, 9.17) is 18.9 Å². The van der Waals surface area contributed by atoms with Crippen molar-refractivity contribution < 1.29 is 18.9 Å². The van der Waals surface area contributed by atoms with E-state index < -0.39 is 0 Å².